The van der Waals surface area contributed by atoms with Gasteiger partial charge in [-0.3, -0.25) is 24.3 Å². The number of hydrogen-bond donors (Lipinski definition) is 1. The zero-order valence-electron chi connectivity index (χ0n) is 15.8. The van der Waals surface area contributed by atoms with Gasteiger partial charge >= 0.3 is 11.7 Å². The van der Waals surface area contributed by atoms with Crippen molar-refractivity contribution in [2.45, 2.75) is 52.8 Å². The molecule has 1 N–H and O–H groups in total. The molecular weight excluding hydrogens is 356 g/mol. The molecule has 0 bridgehead atoms. The first-order chi connectivity index (χ1) is 12.6. The molecule has 2 aromatic rings. The van der Waals surface area contributed by atoms with Crippen molar-refractivity contribution in [2.75, 3.05) is 5.32 Å². The van der Waals surface area contributed by atoms with Crippen molar-refractivity contribution >= 4 is 23.3 Å². The van der Waals surface area contributed by atoms with Gasteiger partial charge in [-0.1, -0.05) is 0 Å². The Hall–Kier alpha value is -3.24. The van der Waals surface area contributed by atoms with Crippen molar-refractivity contribution in [3.8, 4) is 0 Å². The average Bonchev–Trinajstić information content (AvgIpc) is 3.21. The molecule has 0 spiro atoms. The summed E-state index contributed by atoms with van der Waals surface area (Å²) in [6.45, 7) is 8.85. The Kier molecular flexibility index (Phi) is 5.62. The van der Waals surface area contributed by atoms with Crippen LogP contribution in [0.25, 0.3) is 0 Å². The monoisotopic (exact) mass is 378 g/mol. The van der Waals surface area contributed by atoms with Gasteiger partial charge in [0.2, 0.25) is 0 Å². The number of amides is 1. The van der Waals surface area contributed by atoms with Crippen LogP contribution < -0.4 is 5.32 Å². The fourth-order valence-electron chi connectivity index (χ4n) is 2.19. The fourth-order valence-corrected chi connectivity index (χ4v) is 2.19. The molecule has 2 rings (SSSR count). The minimum atomic E-state index is -1.25. The molecule has 0 aliphatic rings. The third-order valence-electron chi connectivity index (χ3n) is 3.78. The van der Waals surface area contributed by atoms with Gasteiger partial charge in [-0.2, -0.15) is 10.2 Å². The molecular formula is C16H22N6O5. The number of aromatic nitrogens is 4. The molecule has 0 fully saturated rings. The molecule has 0 aromatic carbocycles. The number of ether oxygens (including phenoxy) is 1. The zero-order chi connectivity index (χ0) is 20.4. The largest absolute Gasteiger partial charge is 0.458 e. The van der Waals surface area contributed by atoms with Crippen molar-refractivity contribution in [3.63, 3.8) is 0 Å². The van der Waals surface area contributed by atoms with Gasteiger partial charge in [-0.15, -0.1) is 0 Å². The van der Waals surface area contributed by atoms with E-state index in [1.54, 1.807) is 27.7 Å². The van der Waals surface area contributed by atoms with Crippen LogP contribution in [0.5, 0.6) is 0 Å². The van der Waals surface area contributed by atoms with Crippen molar-refractivity contribution in [2.24, 2.45) is 0 Å². The van der Waals surface area contributed by atoms with Crippen LogP contribution in [0.4, 0.5) is 11.4 Å². The first kappa shape index (κ1) is 20.1. The van der Waals surface area contributed by atoms with E-state index in [9.17, 15) is 19.7 Å². The standard InChI is InChI=1S/C16H22N6O5/c1-6-20-9-12(13(19-20)14(23)27-10(2)3)18-15(24)16(4,5)21-8-11(7-17-21)22(25)26/h7-10H,6H2,1-5H3,(H,18,24). The van der Waals surface area contributed by atoms with E-state index < -0.39 is 22.3 Å². The van der Waals surface area contributed by atoms with Crippen LogP contribution in [0.1, 0.15) is 45.1 Å². The first-order valence-electron chi connectivity index (χ1n) is 8.35. The topological polar surface area (TPSA) is 134 Å². The first-order valence-corrected chi connectivity index (χ1v) is 8.35. The molecule has 0 radical (unpaired) electrons. The molecule has 0 unspecified atom stereocenters. The number of hydrogen-bond acceptors (Lipinski definition) is 7. The Bertz CT molecular complexity index is 867. The predicted molar refractivity (Wildman–Crippen MR) is 95.3 cm³/mol. The summed E-state index contributed by atoms with van der Waals surface area (Å²) < 4.78 is 7.85. The van der Waals surface area contributed by atoms with E-state index in [2.05, 4.69) is 15.5 Å². The highest BCUT2D eigenvalue weighted by atomic mass is 16.6. The smallest absolute Gasteiger partial charge is 0.361 e. The number of nitrogens with zero attached hydrogens (tertiary/aromatic N) is 5. The van der Waals surface area contributed by atoms with Crippen LogP contribution in [-0.2, 0) is 21.6 Å². The van der Waals surface area contributed by atoms with Gasteiger partial charge in [-0.05, 0) is 34.6 Å². The summed E-state index contributed by atoms with van der Waals surface area (Å²) in [5.74, 6) is -1.17. The molecule has 11 heteroatoms. The van der Waals surface area contributed by atoms with Gasteiger partial charge < -0.3 is 10.1 Å². The quantitative estimate of drug-likeness (QED) is 0.442. The normalized spacial score (nSPS) is 11.5. The Morgan fingerprint density at radius 1 is 1.37 bits per heavy atom. The summed E-state index contributed by atoms with van der Waals surface area (Å²) in [5.41, 5.74) is -1.29. The molecule has 2 aromatic heterocycles. The van der Waals surface area contributed by atoms with Crippen LogP contribution in [0, 0.1) is 10.1 Å². The average molecular weight is 378 g/mol. The Morgan fingerprint density at radius 2 is 2.04 bits per heavy atom. The van der Waals surface area contributed by atoms with Gasteiger partial charge in [0.15, 0.2) is 5.69 Å². The molecule has 2 heterocycles. The number of carbonyl (C=O) groups excluding carboxylic acids is 2. The van der Waals surface area contributed by atoms with Crippen molar-refractivity contribution < 1.29 is 19.2 Å². The molecule has 0 aliphatic carbocycles. The SMILES string of the molecule is CCn1cc(NC(=O)C(C)(C)n2cc([N+](=O)[O-])cn2)c(C(=O)OC(C)C)n1. The van der Waals surface area contributed by atoms with E-state index in [1.807, 2.05) is 6.92 Å². The summed E-state index contributed by atoms with van der Waals surface area (Å²) in [4.78, 5) is 35.3. The maximum Gasteiger partial charge on any atom is 0.361 e. The maximum absolute atomic E-state index is 12.8. The third-order valence-corrected chi connectivity index (χ3v) is 3.78. The molecule has 0 saturated carbocycles. The lowest BCUT2D eigenvalue weighted by atomic mass is 10.0. The van der Waals surface area contributed by atoms with Crippen LogP contribution in [0.3, 0.4) is 0 Å². The number of esters is 1. The summed E-state index contributed by atoms with van der Waals surface area (Å²) in [6.07, 6.45) is 3.42. The van der Waals surface area contributed by atoms with E-state index in [0.717, 1.165) is 6.20 Å². The lowest BCUT2D eigenvalue weighted by Gasteiger charge is -2.23. The Morgan fingerprint density at radius 3 is 2.56 bits per heavy atom. The minimum absolute atomic E-state index is 0.0128. The summed E-state index contributed by atoms with van der Waals surface area (Å²) in [7, 11) is 0. The molecule has 11 nitrogen and oxygen atoms in total. The van der Waals surface area contributed by atoms with Crippen LogP contribution >= 0.6 is 0 Å². The second-order valence-electron chi connectivity index (χ2n) is 6.61. The van der Waals surface area contributed by atoms with Crippen LogP contribution in [0.2, 0.25) is 0 Å². The highest BCUT2D eigenvalue weighted by Gasteiger charge is 2.33. The number of anilines is 1. The highest BCUT2D eigenvalue weighted by Crippen LogP contribution is 2.23. The zero-order valence-corrected chi connectivity index (χ0v) is 15.8. The minimum Gasteiger partial charge on any atom is -0.458 e. The van der Waals surface area contributed by atoms with E-state index in [1.165, 1.54) is 21.8 Å². The van der Waals surface area contributed by atoms with Gasteiger partial charge in [0.25, 0.3) is 5.91 Å². The van der Waals surface area contributed by atoms with E-state index in [-0.39, 0.29) is 23.2 Å². The molecule has 1 amide bonds. The van der Waals surface area contributed by atoms with Crippen molar-refractivity contribution in [1.29, 1.82) is 0 Å². The van der Waals surface area contributed by atoms with Gasteiger partial charge in [0.05, 0.1) is 16.7 Å². The molecule has 0 aliphatic heterocycles. The summed E-state index contributed by atoms with van der Waals surface area (Å²) in [5, 5.41) is 21.5. The van der Waals surface area contributed by atoms with Crippen LogP contribution in [0.15, 0.2) is 18.6 Å². The van der Waals surface area contributed by atoms with E-state index >= 15 is 0 Å². The summed E-state index contributed by atoms with van der Waals surface area (Å²) >= 11 is 0. The number of rotatable bonds is 7. The molecule has 146 valence electrons. The summed E-state index contributed by atoms with van der Waals surface area (Å²) in [6, 6.07) is 0. The van der Waals surface area contributed by atoms with Gasteiger partial charge in [0, 0.05) is 12.7 Å². The van der Waals surface area contributed by atoms with E-state index in [4.69, 9.17) is 4.74 Å². The number of nitrogens with one attached hydrogen (secondary N) is 1. The maximum atomic E-state index is 12.8. The van der Waals surface area contributed by atoms with Gasteiger partial charge in [0.1, 0.15) is 17.9 Å². The molecule has 0 saturated heterocycles. The second-order valence-corrected chi connectivity index (χ2v) is 6.61. The van der Waals surface area contributed by atoms with Crippen LogP contribution in [-0.4, -0.2) is 42.5 Å². The predicted octanol–water partition coefficient (Wildman–Crippen LogP) is 1.95. The lowest BCUT2D eigenvalue weighted by molar-refractivity contribution is -0.385. The molecule has 0 atom stereocenters. The molecule has 27 heavy (non-hydrogen) atoms. The Balaban J connectivity index is 2.29. The number of aryl methyl sites for hydroxylation is 1. The van der Waals surface area contributed by atoms with E-state index in [0.29, 0.717) is 6.54 Å². The highest BCUT2D eigenvalue weighted by molar-refractivity contribution is 6.02. The van der Waals surface area contributed by atoms with Crippen molar-refractivity contribution in [1.82, 2.24) is 19.6 Å². The number of carbonyl (C=O) groups is 2. The van der Waals surface area contributed by atoms with Gasteiger partial charge in [-0.25, -0.2) is 4.79 Å². The Labute approximate surface area is 155 Å². The second kappa shape index (κ2) is 7.56. The fraction of sp³-hybridized carbons (Fsp3) is 0.500. The number of nitro groups is 1. The third kappa shape index (κ3) is 4.30. The lowest BCUT2D eigenvalue weighted by Crippen LogP contribution is -2.40. The van der Waals surface area contributed by atoms with Crippen molar-refractivity contribution in [3.05, 3.63) is 34.4 Å².